The minimum atomic E-state index is -0.0375. The largest absolute Gasteiger partial charge is 0.399 e. The van der Waals surface area contributed by atoms with Crippen LogP contribution >= 0.6 is 11.3 Å². The molecule has 0 saturated heterocycles. The Morgan fingerprint density at radius 2 is 2.00 bits per heavy atom. The molecule has 0 aliphatic rings. The first-order valence-electron chi connectivity index (χ1n) is 7.44. The summed E-state index contributed by atoms with van der Waals surface area (Å²) < 4.78 is 1.13. The fourth-order valence-corrected chi connectivity index (χ4v) is 3.33. The van der Waals surface area contributed by atoms with Gasteiger partial charge < -0.3 is 9.74 Å². The van der Waals surface area contributed by atoms with Crippen molar-refractivity contribution in [2.45, 2.75) is 6.54 Å². The van der Waals surface area contributed by atoms with E-state index in [4.69, 9.17) is 0 Å². The van der Waals surface area contributed by atoms with E-state index in [-0.39, 0.29) is 5.91 Å². The molecule has 0 N–H and O–H groups in total. The Labute approximate surface area is 144 Å². The van der Waals surface area contributed by atoms with Crippen molar-refractivity contribution in [2.75, 3.05) is 14.2 Å². The molecule has 3 rings (SSSR count). The molecule has 0 fully saturated rings. The number of nitrogens with zero attached hydrogens (tertiary/aromatic N) is 3. The normalized spacial score (nSPS) is 11.1. The second-order valence-corrected chi connectivity index (χ2v) is 6.39. The molecule has 0 unspecified atom stereocenters. The third-order valence-corrected chi connectivity index (χ3v) is 4.54. The van der Waals surface area contributed by atoms with Crippen LogP contribution in [0, 0.1) is 0 Å². The van der Waals surface area contributed by atoms with Crippen LogP contribution < -0.4 is 0 Å². The summed E-state index contributed by atoms with van der Waals surface area (Å²) in [6, 6.07) is 15.2. The molecule has 0 aliphatic carbocycles. The number of oxime groups is 1. The molecular formula is C18H17N3O2S. The lowest BCUT2D eigenvalue weighted by Gasteiger charge is -2.15. The number of benzene rings is 2. The zero-order chi connectivity index (χ0) is 16.9. The Bertz CT molecular complexity index is 838. The first kappa shape index (κ1) is 16.1. The molecule has 0 radical (unpaired) electrons. The topological polar surface area (TPSA) is 54.8 Å². The van der Waals surface area contributed by atoms with Gasteiger partial charge in [-0.1, -0.05) is 29.4 Å². The Hall–Kier alpha value is -2.73. The van der Waals surface area contributed by atoms with Gasteiger partial charge in [0.25, 0.3) is 5.91 Å². The second-order valence-electron chi connectivity index (χ2n) is 5.28. The summed E-state index contributed by atoms with van der Waals surface area (Å²) >= 11 is 1.61. The molecule has 122 valence electrons. The maximum absolute atomic E-state index is 12.5. The third kappa shape index (κ3) is 3.60. The Morgan fingerprint density at radius 3 is 2.71 bits per heavy atom. The van der Waals surface area contributed by atoms with Gasteiger partial charge >= 0.3 is 0 Å². The summed E-state index contributed by atoms with van der Waals surface area (Å²) in [6.45, 7) is 0.491. The second kappa shape index (κ2) is 7.23. The van der Waals surface area contributed by atoms with Gasteiger partial charge in [0, 0.05) is 12.6 Å². The molecule has 0 atom stereocenters. The van der Waals surface area contributed by atoms with Gasteiger partial charge in [-0.3, -0.25) is 4.79 Å². The molecule has 1 heterocycles. The van der Waals surface area contributed by atoms with Crippen LogP contribution in [0.2, 0.25) is 0 Å². The summed E-state index contributed by atoms with van der Waals surface area (Å²) in [6.07, 6.45) is 1.60. The van der Waals surface area contributed by atoms with E-state index >= 15 is 0 Å². The summed E-state index contributed by atoms with van der Waals surface area (Å²) in [5.41, 5.74) is 2.48. The van der Waals surface area contributed by atoms with Gasteiger partial charge in [-0.15, -0.1) is 11.3 Å². The van der Waals surface area contributed by atoms with E-state index in [0.29, 0.717) is 12.1 Å². The van der Waals surface area contributed by atoms with E-state index in [9.17, 15) is 4.79 Å². The van der Waals surface area contributed by atoms with Gasteiger partial charge in [0.1, 0.15) is 12.1 Å². The minimum absolute atomic E-state index is 0.0375. The van der Waals surface area contributed by atoms with Crippen molar-refractivity contribution < 1.29 is 9.63 Å². The van der Waals surface area contributed by atoms with Crippen LogP contribution in [0.1, 0.15) is 20.9 Å². The van der Waals surface area contributed by atoms with Gasteiger partial charge in [0.15, 0.2) is 0 Å². The SMILES string of the molecule is CO/N=C/c1ccc(C(=O)N(C)Cc2nc3ccccc3s2)cc1. The number of thiazole rings is 1. The highest BCUT2D eigenvalue weighted by Crippen LogP contribution is 2.22. The predicted octanol–water partition coefficient (Wildman–Crippen LogP) is 3.55. The van der Waals surface area contributed by atoms with Crippen LogP contribution in [0.3, 0.4) is 0 Å². The van der Waals surface area contributed by atoms with Crippen LogP contribution in [-0.2, 0) is 11.4 Å². The van der Waals surface area contributed by atoms with Crippen molar-refractivity contribution in [1.82, 2.24) is 9.88 Å². The van der Waals surface area contributed by atoms with E-state index < -0.39 is 0 Å². The first-order chi connectivity index (χ1) is 11.7. The van der Waals surface area contributed by atoms with Crippen LogP contribution in [-0.4, -0.2) is 36.2 Å². The number of rotatable bonds is 5. The van der Waals surface area contributed by atoms with Crippen LogP contribution in [0.4, 0.5) is 0 Å². The third-order valence-electron chi connectivity index (χ3n) is 3.52. The smallest absolute Gasteiger partial charge is 0.253 e. The molecule has 0 saturated carbocycles. The monoisotopic (exact) mass is 339 g/mol. The number of hydrogen-bond acceptors (Lipinski definition) is 5. The van der Waals surface area contributed by atoms with E-state index in [1.54, 1.807) is 41.6 Å². The molecule has 1 amide bonds. The zero-order valence-corrected chi connectivity index (χ0v) is 14.3. The number of hydrogen-bond donors (Lipinski definition) is 0. The highest BCUT2D eigenvalue weighted by molar-refractivity contribution is 7.18. The number of carbonyl (C=O) groups excluding carboxylic acids is 1. The van der Waals surface area contributed by atoms with E-state index in [0.717, 1.165) is 20.8 Å². The number of fused-ring (bicyclic) bond motifs is 1. The van der Waals surface area contributed by atoms with Crippen molar-refractivity contribution in [2.24, 2.45) is 5.16 Å². The first-order valence-corrected chi connectivity index (χ1v) is 8.25. The quantitative estimate of drug-likeness (QED) is 0.528. The Balaban J connectivity index is 1.70. The summed E-state index contributed by atoms with van der Waals surface area (Å²) in [5, 5.41) is 4.63. The van der Waals surface area contributed by atoms with Crippen molar-refractivity contribution in [1.29, 1.82) is 0 Å². The van der Waals surface area contributed by atoms with Crippen molar-refractivity contribution in [3.8, 4) is 0 Å². The Morgan fingerprint density at radius 1 is 1.25 bits per heavy atom. The fourth-order valence-electron chi connectivity index (χ4n) is 2.31. The predicted molar refractivity (Wildman–Crippen MR) is 96.5 cm³/mol. The molecule has 1 aromatic heterocycles. The molecule has 3 aromatic rings. The molecule has 24 heavy (non-hydrogen) atoms. The summed E-state index contributed by atoms with van der Waals surface area (Å²) in [7, 11) is 3.28. The lowest BCUT2D eigenvalue weighted by molar-refractivity contribution is 0.0785. The number of aromatic nitrogens is 1. The number of carbonyl (C=O) groups is 1. The Kier molecular flexibility index (Phi) is 4.86. The van der Waals surface area contributed by atoms with Crippen molar-refractivity contribution >= 4 is 33.7 Å². The van der Waals surface area contributed by atoms with Gasteiger partial charge in [-0.05, 0) is 29.8 Å². The maximum Gasteiger partial charge on any atom is 0.253 e. The lowest BCUT2D eigenvalue weighted by atomic mass is 10.1. The zero-order valence-electron chi connectivity index (χ0n) is 13.5. The van der Waals surface area contributed by atoms with E-state index in [2.05, 4.69) is 15.0 Å². The van der Waals surface area contributed by atoms with E-state index in [1.807, 2.05) is 36.4 Å². The van der Waals surface area contributed by atoms with E-state index in [1.165, 1.54) is 7.11 Å². The highest BCUT2D eigenvalue weighted by atomic mass is 32.1. The molecule has 5 nitrogen and oxygen atoms in total. The molecule has 2 aromatic carbocycles. The molecule has 6 heteroatoms. The average molecular weight is 339 g/mol. The minimum Gasteiger partial charge on any atom is -0.399 e. The highest BCUT2D eigenvalue weighted by Gasteiger charge is 2.14. The average Bonchev–Trinajstić information content (AvgIpc) is 3.02. The number of para-hydroxylation sites is 1. The van der Waals surface area contributed by atoms with Crippen LogP contribution in [0.5, 0.6) is 0 Å². The lowest BCUT2D eigenvalue weighted by Crippen LogP contribution is -2.26. The molecule has 0 bridgehead atoms. The van der Waals surface area contributed by atoms with Gasteiger partial charge in [-0.2, -0.15) is 0 Å². The van der Waals surface area contributed by atoms with Crippen LogP contribution in [0.25, 0.3) is 10.2 Å². The maximum atomic E-state index is 12.5. The number of amides is 1. The summed E-state index contributed by atoms with van der Waals surface area (Å²) in [4.78, 5) is 23.4. The van der Waals surface area contributed by atoms with Gasteiger partial charge in [-0.25, -0.2) is 4.98 Å². The van der Waals surface area contributed by atoms with Gasteiger partial charge in [0.2, 0.25) is 0 Å². The van der Waals surface area contributed by atoms with Crippen LogP contribution in [0.15, 0.2) is 53.7 Å². The standard InChI is InChI=1S/C18H17N3O2S/c1-21(12-17-20-15-5-3-4-6-16(15)24-17)18(22)14-9-7-13(8-10-14)11-19-23-2/h3-11H,12H2,1-2H3/b19-11+. The molecular weight excluding hydrogens is 322 g/mol. The fraction of sp³-hybridized carbons (Fsp3) is 0.167. The van der Waals surface area contributed by atoms with Crippen molar-refractivity contribution in [3.63, 3.8) is 0 Å². The van der Waals surface area contributed by atoms with Gasteiger partial charge in [0.05, 0.1) is 23.0 Å². The molecule has 0 spiro atoms. The van der Waals surface area contributed by atoms with Crippen molar-refractivity contribution in [3.05, 3.63) is 64.7 Å². The molecule has 0 aliphatic heterocycles. The summed E-state index contributed by atoms with van der Waals surface area (Å²) in [5.74, 6) is -0.0375.